The predicted molar refractivity (Wildman–Crippen MR) is 205 cm³/mol. The molecule has 8 aromatic carbocycles. The van der Waals surface area contributed by atoms with Crippen molar-refractivity contribution in [3.05, 3.63) is 163 Å². The van der Waals surface area contributed by atoms with Crippen molar-refractivity contribution in [2.24, 2.45) is 0 Å². The minimum Gasteiger partial charge on any atom is -0.454 e. The standard InChI is InChI=1S/C47H29NO/c1-28-22-24-31-29(26-28)10-6-19-42(31)48(43-20-9-18-40-34-12-4-5-21-44(34)49-47(40)43)30-23-25-33-37-15-8-16-38-39-17-7-14-36(46(39)41(33)27-30)32-11-2-3-13-35(32)45(37)38/h2-27H,1H3. The number of nitrogens with zero attached hydrogens (tertiary/aromatic N) is 1. The number of benzene rings is 8. The molecule has 0 atom stereocenters. The molecule has 2 aliphatic rings. The van der Waals surface area contributed by atoms with Crippen LogP contribution < -0.4 is 4.90 Å². The molecule has 2 nitrogen and oxygen atoms in total. The molecule has 0 aliphatic heterocycles. The molecule has 0 amide bonds. The maximum absolute atomic E-state index is 6.70. The van der Waals surface area contributed by atoms with Crippen LogP contribution in [0, 0.1) is 6.92 Å². The molecule has 0 unspecified atom stereocenters. The maximum atomic E-state index is 6.70. The fourth-order valence-corrected chi connectivity index (χ4v) is 8.53. The van der Waals surface area contributed by atoms with E-state index in [0.29, 0.717) is 0 Å². The number of rotatable bonds is 3. The third kappa shape index (κ3) is 3.66. The summed E-state index contributed by atoms with van der Waals surface area (Å²) in [6.07, 6.45) is 0. The molecule has 0 fully saturated rings. The minimum absolute atomic E-state index is 0.882. The minimum atomic E-state index is 0.882. The van der Waals surface area contributed by atoms with Crippen LogP contribution >= 0.6 is 0 Å². The summed E-state index contributed by atoms with van der Waals surface area (Å²) in [5, 5.41) is 4.65. The van der Waals surface area contributed by atoms with Crippen molar-refractivity contribution in [1.29, 1.82) is 0 Å². The van der Waals surface area contributed by atoms with Crippen LogP contribution in [0.5, 0.6) is 0 Å². The van der Waals surface area contributed by atoms with E-state index in [4.69, 9.17) is 4.42 Å². The first-order valence-corrected chi connectivity index (χ1v) is 16.9. The van der Waals surface area contributed by atoms with E-state index in [1.165, 1.54) is 72.0 Å². The lowest BCUT2D eigenvalue weighted by atomic mass is 9.83. The molecular weight excluding hydrogens is 595 g/mol. The van der Waals surface area contributed by atoms with Crippen molar-refractivity contribution in [2.75, 3.05) is 4.90 Å². The van der Waals surface area contributed by atoms with Gasteiger partial charge in [0.15, 0.2) is 5.58 Å². The molecule has 0 spiro atoms. The average Bonchev–Trinajstić information content (AvgIpc) is 3.48. The Labute approximate surface area is 284 Å². The Bertz CT molecular complexity index is 2830. The number of furan rings is 1. The van der Waals surface area contributed by atoms with Gasteiger partial charge in [0.25, 0.3) is 0 Å². The number of fused-ring (bicyclic) bond motifs is 8. The monoisotopic (exact) mass is 623 g/mol. The van der Waals surface area contributed by atoms with Crippen LogP contribution in [0.3, 0.4) is 0 Å². The molecule has 49 heavy (non-hydrogen) atoms. The zero-order valence-corrected chi connectivity index (χ0v) is 26.9. The molecule has 0 N–H and O–H groups in total. The van der Waals surface area contributed by atoms with E-state index in [0.717, 1.165) is 39.0 Å². The van der Waals surface area contributed by atoms with Crippen LogP contribution in [-0.2, 0) is 0 Å². The van der Waals surface area contributed by atoms with Crippen molar-refractivity contribution in [3.63, 3.8) is 0 Å². The van der Waals surface area contributed by atoms with E-state index >= 15 is 0 Å². The van der Waals surface area contributed by atoms with E-state index < -0.39 is 0 Å². The lowest BCUT2D eigenvalue weighted by Crippen LogP contribution is -2.11. The second kappa shape index (κ2) is 9.82. The van der Waals surface area contributed by atoms with E-state index in [-0.39, 0.29) is 0 Å². The third-order valence-corrected chi connectivity index (χ3v) is 10.6. The van der Waals surface area contributed by atoms with Crippen LogP contribution in [0.1, 0.15) is 5.56 Å². The molecular formula is C47H29NO. The van der Waals surface area contributed by atoms with Crippen LogP contribution in [-0.4, -0.2) is 0 Å². The van der Waals surface area contributed by atoms with Gasteiger partial charge >= 0.3 is 0 Å². The number of anilines is 3. The van der Waals surface area contributed by atoms with Crippen molar-refractivity contribution in [3.8, 4) is 55.6 Å². The summed E-state index contributed by atoms with van der Waals surface area (Å²) >= 11 is 0. The molecule has 2 aliphatic carbocycles. The van der Waals surface area contributed by atoms with Crippen LogP contribution in [0.15, 0.2) is 162 Å². The molecule has 1 heterocycles. The zero-order chi connectivity index (χ0) is 32.2. The lowest BCUT2D eigenvalue weighted by molar-refractivity contribution is 0.669. The maximum Gasteiger partial charge on any atom is 0.159 e. The molecule has 1 aromatic heterocycles. The van der Waals surface area contributed by atoms with E-state index in [1.54, 1.807) is 0 Å². The highest BCUT2D eigenvalue weighted by Gasteiger charge is 2.31. The van der Waals surface area contributed by atoms with Gasteiger partial charge in [-0.3, -0.25) is 0 Å². The first-order chi connectivity index (χ1) is 24.2. The quantitative estimate of drug-likeness (QED) is 0.195. The molecule has 2 heteroatoms. The Balaban J connectivity index is 1.25. The van der Waals surface area contributed by atoms with Gasteiger partial charge in [0, 0.05) is 21.8 Å². The number of hydrogen-bond acceptors (Lipinski definition) is 2. The zero-order valence-electron chi connectivity index (χ0n) is 26.9. The summed E-state index contributed by atoms with van der Waals surface area (Å²) in [4.78, 5) is 2.41. The van der Waals surface area contributed by atoms with Crippen molar-refractivity contribution < 1.29 is 4.42 Å². The summed E-state index contributed by atoms with van der Waals surface area (Å²) in [6, 6.07) is 57.8. The molecule has 6 bridgehead atoms. The van der Waals surface area contributed by atoms with E-state index in [9.17, 15) is 0 Å². The average molecular weight is 624 g/mol. The van der Waals surface area contributed by atoms with Gasteiger partial charge in [-0.15, -0.1) is 0 Å². The number of hydrogen-bond donors (Lipinski definition) is 0. The molecule has 0 saturated carbocycles. The molecule has 11 rings (SSSR count). The number of para-hydroxylation sites is 2. The van der Waals surface area contributed by atoms with Gasteiger partial charge in [-0.2, -0.15) is 0 Å². The van der Waals surface area contributed by atoms with Crippen LogP contribution in [0.2, 0.25) is 0 Å². The van der Waals surface area contributed by atoms with Crippen LogP contribution in [0.25, 0.3) is 88.3 Å². The number of aryl methyl sites for hydroxylation is 1. The summed E-state index contributed by atoms with van der Waals surface area (Å²) in [6.45, 7) is 2.16. The Morgan fingerprint density at radius 1 is 0.408 bits per heavy atom. The molecule has 0 saturated heterocycles. The summed E-state index contributed by atoms with van der Waals surface area (Å²) < 4.78 is 6.70. The van der Waals surface area contributed by atoms with E-state index in [2.05, 4.69) is 163 Å². The Kier molecular flexibility index (Phi) is 5.34. The second-order valence-corrected chi connectivity index (χ2v) is 13.3. The van der Waals surface area contributed by atoms with Gasteiger partial charge in [0.1, 0.15) is 5.58 Å². The van der Waals surface area contributed by atoms with Gasteiger partial charge in [-0.25, -0.2) is 0 Å². The van der Waals surface area contributed by atoms with E-state index in [1.807, 2.05) is 6.07 Å². The largest absolute Gasteiger partial charge is 0.454 e. The molecule has 228 valence electrons. The summed E-state index contributed by atoms with van der Waals surface area (Å²) in [7, 11) is 0. The van der Waals surface area contributed by atoms with Crippen LogP contribution in [0.4, 0.5) is 17.1 Å². The van der Waals surface area contributed by atoms with Gasteiger partial charge in [-0.05, 0) is 98.3 Å². The van der Waals surface area contributed by atoms with Gasteiger partial charge in [0.05, 0.1) is 11.4 Å². The fourth-order valence-electron chi connectivity index (χ4n) is 8.53. The fraction of sp³-hybridized carbons (Fsp3) is 0.0213. The summed E-state index contributed by atoms with van der Waals surface area (Å²) in [5.41, 5.74) is 19.1. The highest BCUT2D eigenvalue weighted by atomic mass is 16.3. The highest BCUT2D eigenvalue weighted by Crippen LogP contribution is 2.58. The lowest BCUT2D eigenvalue weighted by Gasteiger charge is -2.28. The second-order valence-electron chi connectivity index (χ2n) is 13.3. The first-order valence-electron chi connectivity index (χ1n) is 16.9. The Morgan fingerprint density at radius 2 is 1.02 bits per heavy atom. The smallest absolute Gasteiger partial charge is 0.159 e. The Hall–Kier alpha value is -6.38. The third-order valence-electron chi connectivity index (χ3n) is 10.6. The van der Waals surface area contributed by atoms with Gasteiger partial charge < -0.3 is 9.32 Å². The van der Waals surface area contributed by atoms with Crippen molar-refractivity contribution in [2.45, 2.75) is 6.92 Å². The summed E-state index contributed by atoms with van der Waals surface area (Å²) in [5.74, 6) is 0. The topological polar surface area (TPSA) is 16.4 Å². The SMILES string of the molecule is Cc1ccc2c(N(c3ccc4c(c3)-c3c5cccc3-c3cccc-4c3-c3ccccc3-5)c3cccc4c3oc3ccccc34)cccc2c1. The first kappa shape index (κ1) is 26.7. The Morgan fingerprint density at radius 3 is 1.86 bits per heavy atom. The molecule has 9 aromatic rings. The van der Waals surface area contributed by atoms with Gasteiger partial charge in [-0.1, -0.05) is 133 Å². The van der Waals surface area contributed by atoms with Gasteiger partial charge in [0.2, 0.25) is 0 Å². The predicted octanol–water partition coefficient (Wildman–Crippen LogP) is 13.5. The highest BCUT2D eigenvalue weighted by molar-refractivity contribution is 6.16. The molecule has 0 radical (unpaired) electrons. The normalized spacial score (nSPS) is 12.2. The van der Waals surface area contributed by atoms with Crippen molar-refractivity contribution >= 4 is 49.8 Å². The van der Waals surface area contributed by atoms with Crippen molar-refractivity contribution in [1.82, 2.24) is 0 Å².